The maximum Gasteiger partial charge on any atom is 0.139 e. The van der Waals surface area contributed by atoms with E-state index in [1.54, 1.807) is 0 Å². The summed E-state index contributed by atoms with van der Waals surface area (Å²) in [6.45, 7) is 2.20. The molecule has 0 spiro atoms. The largest absolute Gasteiger partial charge is 0.299 e. The lowest BCUT2D eigenvalue weighted by Gasteiger charge is -2.30. The Morgan fingerprint density at radius 3 is 1.94 bits per heavy atom. The number of hydrogen-bond donors (Lipinski definition) is 0. The van der Waals surface area contributed by atoms with Gasteiger partial charge >= 0.3 is 0 Å². The molecule has 0 saturated heterocycles. The highest BCUT2D eigenvalue weighted by atomic mass is 16.1. The first-order chi connectivity index (χ1) is 7.79. The molecule has 0 aromatic heterocycles. The molecule has 1 heteroatoms. The van der Waals surface area contributed by atoms with Crippen LogP contribution >= 0.6 is 0 Å². The first-order valence-corrected chi connectivity index (χ1v) is 7.33. The summed E-state index contributed by atoms with van der Waals surface area (Å²) in [5.41, 5.74) is 0. The van der Waals surface area contributed by atoms with Crippen molar-refractivity contribution in [2.75, 3.05) is 0 Å². The average Bonchev–Trinajstić information content (AvgIpc) is 2.39. The Balaban J connectivity index is 1.86. The lowest BCUT2D eigenvalue weighted by Crippen LogP contribution is -2.29. The van der Waals surface area contributed by atoms with Gasteiger partial charge in [-0.15, -0.1) is 0 Å². The fourth-order valence-electron chi connectivity index (χ4n) is 3.63. The molecule has 0 unspecified atom stereocenters. The highest BCUT2D eigenvalue weighted by molar-refractivity contribution is 5.83. The van der Waals surface area contributed by atoms with E-state index in [1.807, 2.05) is 0 Å². The Labute approximate surface area is 100.0 Å². The molecule has 0 aromatic rings. The van der Waals surface area contributed by atoms with Crippen molar-refractivity contribution in [2.45, 2.75) is 71.1 Å². The summed E-state index contributed by atoms with van der Waals surface area (Å²) in [5.74, 6) is 2.09. The molecule has 2 aliphatic rings. The fourth-order valence-corrected chi connectivity index (χ4v) is 3.63. The number of Topliss-reactive ketones (excluding diaryl/α,β-unsaturated/α-hetero) is 1. The van der Waals surface area contributed by atoms with E-state index in [4.69, 9.17) is 0 Å². The van der Waals surface area contributed by atoms with Gasteiger partial charge in [-0.2, -0.15) is 0 Å². The molecule has 2 rings (SSSR count). The highest BCUT2D eigenvalue weighted by Crippen LogP contribution is 2.34. The zero-order valence-electron chi connectivity index (χ0n) is 10.7. The first-order valence-electron chi connectivity index (χ1n) is 7.33. The molecule has 2 aliphatic carbocycles. The molecule has 2 fully saturated rings. The fraction of sp³-hybridized carbons (Fsp3) is 0.933. The van der Waals surface area contributed by atoms with Crippen molar-refractivity contribution in [1.82, 2.24) is 0 Å². The number of carbonyl (C=O) groups is 1. The van der Waals surface area contributed by atoms with Gasteiger partial charge in [0, 0.05) is 11.8 Å². The molecule has 0 aromatic carbocycles. The van der Waals surface area contributed by atoms with Gasteiger partial charge in [0.05, 0.1) is 0 Å². The van der Waals surface area contributed by atoms with E-state index in [2.05, 4.69) is 6.92 Å². The summed E-state index contributed by atoms with van der Waals surface area (Å²) < 4.78 is 0. The van der Waals surface area contributed by atoms with Crippen molar-refractivity contribution < 1.29 is 4.79 Å². The number of hydrogen-bond acceptors (Lipinski definition) is 1. The zero-order valence-corrected chi connectivity index (χ0v) is 10.7. The lowest BCUT2D eigenvalue weighted by atomic mass is 9.73. The Morgan fingerprint density at radius 1 is 0.875 bits per heavy atom. The summed E-state index contributed by atoms with van der Waals surface area (Å²) in [7, 11) is 0. The van der Waals surface area contributed by atoms with Crippen LogP contribution in [-0.2, 0) is 4.79 Å². The lowest BCUT2D eigenvalue weighted by molar-refractivity contribution is -0.129. The van der Waals surface area contributed by atoms with Gasteiger partial charge in [-0.25, -0.2) is 0 Å². The van der Waals surface area contributed by atoms with Crippen molar-refractivity contribution in [3.8, 4) is 0 Å². The number of carbonyl (C=O) groups excluding carboxylic acids is 1. The van der Waals surface area contributed by atoms with Crippen molar-refractivity contribution in [1.29, 1.82) is 0 Å². The number of rotatable bonds is 3. The van der Waals surface area contributed by atoms with Gasteiger partial charge in [-0.05, 0) is 31.6 Å². The molecule has 0 bridgehead atoms. The third-order valence-electron chi connectivity index (χ3n) is 4.81. The Morgan fingerprint density at radius 2 is 1.38 bits per heavy atom. The average molecular weight is 222 g/mol. The van der Waals surface area contributed by atoms with E-state index in [9.17, 15) is 4.79 Å². The van der Waals surface area contributed by atoms with Gasteiger partial charge in [0.2, 0.25) is 0 Å². The molecular weight excluding hydrogens is 196 g/mol. The van der Waals surface area contributed by atoms with Crippen LogP contribution in [0.15, 0.2) is 0 Å². The minimum atomic E-state index is 0.350. The summed E-state index contributed by atoms with van der Waals surface area (Å²) in [5, 5.41) is 0. The van der Waals surface area contributed by atoms with Gasteiger partial charge in [0.1, 0.15) is 5.78 Å². The summed E-state index contributed by atoms with van der Waals surface area (Å²) >= 11 is 0. The van der Waals surface area contributed by atoms with Crippen LogP contribution in [0.1, 0.15) is 71.1 Å². The molecule has 16 heavy (non-hydrogen) atoms. The van der Waals surface area contributed by atoms with Gasteiger partial charge in [-0.3, -0.25) is 4.79 Å². The van der Waals surface area contributed by atoms with E-state index in [0.717, 1.165) is 0 Å². The third kappa shape index (κ3) is 2.87. The van der Waals surface area contributed by atoms with Gasteiger partial charge in [-0.1, -0.05) is 45.4 Å². The second-order valence-electron chi connectivity index (χ2n) is 5.92. The van der Waals surface area contributed by atoms with Crippen molar-refractivity contribution in [3.63, 3.8) is 0 Å². The van der Waals surface area contributed by atoms with Gasteiger partial charge in [0.25, 0.3) is 0 Å². The van der Waals surface area contributed by atoms with Crippen LogP contribution < -0.4 is 0 Å². The predicted octanol–water partition coefficient (Wildman–Crippen LogP) is 4.35. The first kappa shape index (κ1) is 12.1. The second-order valence-corrected chi connectivity index (χ2v) is 5.92. The molecule has 1 nitrogen and oxygen atoms in total. The minimum absolute atomic E-state index is 0.350. The smallest absolute Gasteiger partial charge is 0.139 e. The van der Waals surface area contributed by atoms with Crippen molar-refractivity contribution >= 4 is 5.78 Å². The van der Waals surface area contributed by atoms with Crippen LogP contribution in [0.2, 0.25) is 0 Å². The monoisotopic (exact) mass is 222 g/mol. The molecule has 0 amide bonds. The van der Waals surface area contributed by atoms with Crippen LogP contribution in [-0.4, -0.2) is 5.78 Å². The van der Waals surface area contributed by atoms with E-state index in [0.29, 0.717) is 23.5 Å². The molecule has 0 heterocycles. The molecule has 1 atom stereocenters. The van der Waals surface area contributed by atoms with Crippen LogP contribution in [0.4, 0.5) is 0 Å². The standard InChI is InChI=1S/C15H26O/c1-12(13-8-4-2-5-9-13)15(16)14-10-6-3-7-11-14/h12-14H,2-11H2,1H3/t12-/m0/s1. The van der Waals surface area contributed by atoms with Gasteiger partial charge < -0.3 is 0 Å². The quantitative estimate of drug-likeness (QED) is 0.693. The summed E-state index contributed by atoms with van der Waals surface area (Å²) in [4.78, 5) is 12.4. The topological polar surface area (TPSA) is 17.1 Å². The van der Waals surface area contributed by atoms with Crippen LogP contribution in [0.3, 0.4) is 0 Å². The highest BCUT2D eigenvalue weighted by Gasteiger charge is 2.30. The normalized spacial score (nSPS) is 26.6. The molecule has 0 aliphatic heterocycles. The van der Waals surface area contributed by atoms with Crippen LogP contribution in [0.25, 0.3) is 0 Å². The molecular formula is C15H26O. The van der Waals surface area contributed by atoms with E-state index in [-0.39, 0.29) is 0 Å². The summed E-state index contributed by atoms with van der Waals surface area (Å²) in [6, 6.07) is 0. The zero-order chi connectivity index (χ0) is 11.4. The molecule has 0 N–H and O–H groups in total. The molecule has 0 radical (unpaired) electrons. The minimum Gasteiger partial charge on any atom is -0.299 e. The van der Waals surface area contributed by atoms with Crippen LogP contribution in [0, 0.1) is 17.8 Å². The van der Waals surface area contributed by atoms with Gasteiger partial charge in [0.15, 0.2) is 0 Å². The number of ketones is 1. The Bertz CT molecular complexity index is 222. The molecule has 92 valence electrons. The third-order valence-corrected chi connectivity index (χ3v) is 4.81. The van der Waals surface area contributed by atoms with E-state index >= 15 is 0 Å². The summed E-state index contributed by atoms with van der Waals surface area (Å²) in [6.07, 6.45) is 13.0. The van der Waals surface area contributed by atoms with Crippen molar-refractivity contribution in [3.05, 3.63) is 0 Å². The van der Waals surface area contributed by atoms with Crippen molar-refractivity contribution in [2.24, 2.45) is 17.8 Å². The SMILES string of the molecule is C[C@H](C(=O)C1CCCCC1)C1CCCCC1. The maximum atomic E-state index is 12.4. The predicted molar refractivity (Wildman–Crippen MR) is 67.3 cm³/mol. The Kier molecular flexibility index (Phi) is 4.43. The second kappa shape index (κ2) is 5.84. The molecule has 2 saturated carbocycles. The van der Waals surface area contributed by atoms with E-state index < -0.39 is 0 Å². The Hall–Kier alpha value is -0.330. The van der Waals surface area contributed by atoms with E-state index in [1.165, 1.54) is 64.2 Å². The van der Waals surface area contributed by atoms with Crippen LogP contribution in [0.5, 0.6) is 0 Å². The maximum absolute atomic E-state index is 12.4.